The molecule has 2 aromatic rings. The zero-order valence-electron chi connectivity index (χ0n) is 8.88. The highest BCUT2D eigenvalue weighted by molar-refractivity contribution is 5.95. The molecule has 0 unspecified atom stereocenters. The molecule has 2 heterocycles. The van der Waals surface area contributed by atoms with Crippen molar-refractivity contribution in [1.82, 2.24) is 9.88 Å². The number of nitrogens with zero attached hydrogens (tertiary/aromatic N) is 1. The minimum absolute atomic E-state index is 0.952. The molecule has 78 valence electrons. The lowest BCUT2D eigenvalue weighted by atomic mass is 10.2. The molecule has 0 amide bonds. The van der Waals surface area contributed by atoms with Crippen LogP contribution in [-0.4, -0.2) is 17.7 Å². The first kappa shape index (κ1) is 8.80. The number of benzene rings is 1. The van der Waals surface area contributed by atoms with Gasteiger partial charge in [0.2, 0.25) is 0 Å². The zero-order valence-corrected chi connectivity index (χ0v) is 8.88. The summed E-state index contributed by atoms with van der Waals surface area (Å²) in [5.41, 5.74) is 3.96. The van der Waals surface area contributed by atoms with Crippen LogP contribution in [0.15, 0.2) is 24.3 Å². The van der Waals surface area contributed by atoms with E-state index in [1.807, 2.05) is 0 Å². The molecule has 0 bridgehead atoms. The van der Waals surface area contributed by atoms with Gasteiger partial charge in [0.1, 0.15) is 0 Å². The third-order valence-corrected chi connectivity index (χ3v) is 3.12. The molecular weight excluding hydrogens is 186 g/mol. The van der Waals surface area contributed by atoms with Crippen molar-refractivity contribution in [2.75, 3.05) is 18.4 Å². The highest BCUT2D eigenvalue weighted by atomic mass is 15.1. The second kappa shape index (κ2) is 3.28. The Morgan fingerprint density at radius 3 is 3.00 bits per heavy atom. The molecule has 2 N–H and O–H groups in total. The first-order chi connectivity index (χ1) is 7.38. The Balaban J connectivity index is 2.32. The average Bonchev–Trinajstić information content (AvgIpc) is 2.48. The largest absolute Gasteiger partial charge is 0.382 e. The number of para-hydroxylation sites is 1. The lowest BCUT2D eigenvalue weighted by Crippen LogP contribution is -2.18. The van der Waals surface area contributed by atoms with E-state index in [4.69, 9.17) is 0 Å². The molecule has 15 heavy (non-hydrogen) atoms. The van der Waals surface area contributed by atoms with Crippen molar-refractivity contribution in [1.29, 1.82) is 0 Å². The highest BCUT2D eigenvalue weighted by Gasteiger charge is 2.15. The van der Waals surface area contributed by atoms with Gasteiger partial charge in [-0.15, -0.1) is 0 Å². The van der Waals surface area contributed by atoms with E-state index in [0.717, 1.165) is 19.6 Å². The summed E-state index contributed by atoms with van der Waals surface area (Å²) in [7, 11) is 2.13. The molecule has 0 fully saturated rings. The Bertz CT molecular complexity index is 499. The molecule has 0 radical (unpaired) electrons. The van der Waals surface area contributed by atoms with Crippen LogP contribution in [0, 0.1) is 0 Å². The third-order valence-electron chi connectivity index (χ3n) is 3.12. The van der Waals surface area contributed by atoms with Gasteiger partial charge in [0.25, 0.3) is 0 Å². The van der Waals surface area contributed by atoms with E-state index in [1.165, 1.54) is 22.3 Å². The smallest absolute Gasteiger partial charge is 0.0647 e. The predicted octanol–water partition coefficient (Wildman–Crippen LogP) is 1.69. The van der Waals surface area contributed by atoms with E-state index in [0.29, 0.717) is 0 Å². The van der Waals surface area contributed by atoms with Crippen LogP contribution in [-0.2, 0) is 13.6 Å². The molecular formula is C12H15N3. The predicted molar refractivity (Wildman–Crippen MR) is 63.1 cm³/mol. The summed E-state index contributed by atoms with van der Waals surface area (Å²) in [5, 5.41) is 8.26. The average molecular weight is 201 g/mol. The summed E-state index contributed by atoms with van der Waals surface area (Å²) < 4.78 is 2.27. The quantitative estimate of drug-likeness (QED) is 0.679. The topological polar surface area (TPSA) is 29.0 Å². The SMILES string of the molecule is Cn1c2c(c3ccccc31)NCCNC2. The molecule has 0 saturated carbocycles. The summed E-state index contributed by atoms with van der Waals surface area (Å²) in [6, 6.07) is 8.55. The van der Waals surface area contributed by atoms with E-state index >= 15 is 0 Å². The Hall–Kier alpha value is -1.48. The number of aromatic nitrogens is 1. The van der Waals surface area contributed by atoms with Crippen LogP contribution in [0.3, 0.4) is 0 Å². The van der Waals surface area contributed by atoms with Crippen LogP contribution in [0.1, 0.15) is 5.69 Å². The van der Waals surface area contributed by atoms with E-state index in [2.05, 4.69) is 46.5 Å². The van der Waals surface area contributed by atoms with Gasteiger partial charge in [0, 0.05) is 32.1 Å². The maximum absolute atomic E-state index is 3.51. The standard InChI is InChI=1S/C12H15N3/c1-15-10-5-3-2-4-9(10)12-11(15)8-13-6-7-14-12/h2-5,13-14H,6-8H2,1H3. The summed E-state index contributed by atoms with van der Waals surface area (Å²) in [6.45, 7) is 2.98. The van der Waals surface area contributed by atoms with Crippen molar-refractivity contribution in [3.05, 3.63) is 30.0 Å². The van der Waals surface area contributed by atoms with Crippen LogP contribution in [0.5, 0.6) is 0 Å². The first-order valence-electron chi connectivity index (χ1n) is 5.39. The maximum Gasteiger partial charge on any atom is 0.0647 e. The van der Waals surface area contributed by atoms with E-state index in [1.54, 1.807) is 0 Å². The van der Waals surface area contributed by atoms with Gasteiger partial charge in [-0.1, -0.05) is 18.2 Å². The number of fused-ring (bicyclic) bond motifs is 3. The molecule has 1 aromatic carbocycles. The van der Waals surface area contributed by atoms with E-state index in [9.17, 15) is 0 Å². The number of nitrogens with one attached hydrogen (secondary N) is 2. The van der Waals surface area contributed by atoms with Gasteiger partial charge >= 0.3 is 0 Å². The van der Waals surface area contributed by atoms with Crippen molar-refractivity contribution in [3.63, 3.8) is 0 Å². The zero-order chi connectivity index (χ0) is 10.3. The fraction of sp³-hybridized carbons (Fsp3) is 0.333. The van der Waals surface area contributed by atoms with Crippen molar-refractivity contribution in [2.45, 2.75) is 6.54 Å². The van der Waals surface area contributed by atoms with Crippen LogP contribution in [0.4, 0.5) is 5.69 Å². The Labute approximate surface area is 89.1 Å². The van der Waals surface area contributed by atoms with E-state index < -0.39 is 0 Å². The van der Waals surface area contributed by atoms with E-state index in [-0.39, 0.29) is 0 Å². The second-order valence-corrected chi connectivity index (χ2v) is 4.00. The lowest BCUT2D eigenvalue weighted by molar-refractivity contribution is 0.690. The van der Waals surface area contributed by atoms with Crippen molar-refractivity contribution in [3.8, 4) is 0 Å². The fourth-order valence-corrected chi connectivity index (χ4v) is 2.33. The van der Waals surface area contributed by atoms with Gasteiger partial charge in [-0.3, -0.25) is 0 Å². The summed E-state index contributed by atoms with van der Waals surface area (Å²) in [5.74, 6) is 0. The molecule has 0 aliphatic carbocycles. The fourth-order valence-electron chi connectivity index (χ4n) is 2.33. The van der Waals surface area contributed by atoms with Gasteiger partial charge in [0.05, 0.1) is 16.9 Å². The maximum atomic E-state index is 3.51. The normalized spacial score (nSPS) is 15.8. The molecule has 3 rings (SSSR count). The molecule has 3 nitrogen and oxygen atoms in total. The van der Waals surface area contributed by atoms with Crippen LogP contribution in [0.2, 0.25) is 0 Å². The Morgan fingerprint density at radius 2 is 2.07 bits per heavy atom. The number of hydrogen-bond donors (Lipinski definition) is 2. The Morgan fingerprint density at radius 1 is 1.20 bits per heavy atom. The molecule has 1 aromatic heterocycles. The van der Waals surface area contributed by atoms with Crippen LogP contribution < -0.4 is 10.6 Å². The minimum Gasteiger partial charge on any atom is -0.382 e. The number of aryl methyl sites for hydroxylation is 1. The molecule has 1 aliphatic rings. The van der Waals surface area contributed by atoms with Crippen molar-refractivity contribution in [2.24, 2.45) is 7.05 Å². The summed E-state index contributed by atoms with van der Waals surface area (Å²) in [4.78, 5) is 0. The first-order valence-corrected chi connectivity index (χ1v) is 5.39. The molecule has 0 atom stereocenters. The molecule has 0 saturated heterocycles. The van der Waals surface area contributed by atoms with Gasteiger partial charge in [0.15, 0.2) is 0 Å². The number of anilines is 1. The number of rotatable bonds is 0. The monoisotopic (exact) mass is 201 g/mol. The Kier molecular flexibility index (Phi) is 1.92. The lowest BCUT2D eigenvalue weighted by Gasteiger charge is -2.03. The number of hydrogen-bond acceptors (Lipinski definition) is 2. The summed E-state index contributed by atoms with van der Waals surface area (Å²) >= 11 is 0. The van der Waals surface area contributed by atoms with Gasteiger partial charge in [-0.25, -0.2) is 0 Å². The van der Waals surface area contributed by atoms with Crippen molar-refractivity contribution >= 4 is 16.6 Å². The molecule has 0 spiro atoms. The van der Waals surface area contributed by atoms with Crippen molar-refractivity contribution < 1.29 is 0 Å². The van der Waals surface area contributed by atoms with Crippen LogP contribution in [0.25, 0.3) is 10.9 Å². The third kappa shape index (κ3) is 1.23. The van der Waals surface area contributed by atoms with Gasteiger partial charge in [-0.05, 0) is 6.07 Å². The second-order valence-electron chi connectivity index (χ2n) is 4.00. The van der Waals surface area contributed by atoms with Gasteiger partial charge in [-0.2, -0.15) is 0 Å². The molecule has 3 heteroatoms. The van der Waals surface area contributed by atoms with Crippen LogP contribution >= 0.6 is 0 Å². The van der Waals surface area contributed by atoms with Gasteiger partial charge < -0.3 is 15.2 Å². The summed E-state index contributed by atoms with van der Waals surface area (Å²) in [6.07, 6.45) is 0. The highest BCUT2D eigenvalue weighted by Crippen LogP contribution is 2.30. The molecule has 1 aliphatic heterocycles. The minimum atomic E-state index is 0.952.